The molecule has 1 aliphatic rings. The first kappa shape index (κ1) is 29.7. The number of carbonyl (C=O) groups is 3. The second kappa shape index (κ2) is 10.7. The summed E-state index contributed by atoms with van der Waals surface area (Å²) < 4.78 is 95.5. The normalized spacial score (nSPS) is 20.6. The summed E-state index contributed by atoms with van der Waals surface area (Å²) in [6.07, 6.45) is -20.8. The number of hydrogen-bond donors (Lipinski definition) is 2. The third kappa shape index (κ3) is 6.76. The molecule has 1 amide bonds. The van der Waals surface area contributed by atoms with Crippen LogP contribution < -0.4 is 16.6 Å². The van der Waals surface area contributed by atoms with Gasteiger partial charge in [0.1, 0.15) is 12.2 Å². The van der Waals surface area contributed by atoms with Crippen molar-refractivity contribution in [2.75, 3.05) is 5.32 Å². The van der Waals surface area contributed by atoms with Crippen molar-refractivity contribution in [3.05, 3.63) is 20.8 Å². The number of H-pyrrole nitrogens is 1. The Balaban J connectivity index is 2.24. The smallest absolute Gasteiger partial charge is 0.428 e. The highest BCUT2D eigenvalue weighted by atomic mass is 19.4. The van der Waals surface area contributed by atoms with Crippen molar-refractivity contribution >= 4 is 35.0 Å². The zero-order valence-corrected chi connectivity index (χ0v) is 20.3. The fourth-order valence-corrected chi connectivity index (χ4v) is 4.03. The highest BCUT2D eigenvalue weighted by Gasteiger charge is 2.54. The first-order valence-corrected chi connectivity index (χ1v) is 11.0. The average Bonchev–Trinajstić information content (AvgIpc) is 3.25. The van der Waals surface area contributed by atoms with Crippen LogP contribution in [0.4, 0.5) is 32.3 Å². The van der Waals surface area contributed by atoms with E-state index in [1.54, 1.807) is 0 Å². The number of alkyl halides is 6. The molecular formula is C20H21F6N5O8. The summed E-state index contributed by atoms with van der Waals surface area (Å²) in [4.78, 5) is 66.5. The number of amides is 1. The van der Waals surface area contributed by atoms with Crippen molar-refractivity contribution < 1.29 is 54.9 Å². The summed E-state index contributed by atoms with van der Waals surface area (Å²) in [5.74, 6) is -3.65. The molecule has 1 fully saturated rings. The molecule has 2 aromatic heterocycles. The maximum absolute atomic E-state index is 13.7. The summed E-state index contributed by atoms with van der Waals surface area (Å²) in [5, 5.41) is 2.11. The van der Waals surface area contributed by atoms with Gasteiger partial charge in [0.25, 0.3) is 5.56 Å². The van der Waals surface area contributed by atoms with Gasteiger partial charge in [0.05, 0.1) is 6.42 Å². The van der Waals surface area contributed by atoms with Crippen molar-refractivity contribution in [2.24, 2.45) is 0 Å². The number of aryl methyl sites for hydroxylation is 1. The van der Waals surface area contributed by atoms with Crippen molar-refractivity contribution in [1.82, 2.24) is 19.1 Å². The maximum atomic E-state index is 13.7. The Bertz CT molecular complexity index is 1390. The standard InChI is InChI=1S/C20H21F6N5O8/c1-7(32)27-17-28-14-12(15(35)29-17)30(5-4-19(21,22)23)18(36)31(14)16-11(37-8(2)33)6-10(39-16)13(20(24,25)26)38-9(3)34/h10-11,13,16H,4-6H2,1-3H3,(H2,27,28,29,32,35)/t10-,11+,13-,16+/m0/s1. The minimum absolute atomic E-state index is 0.376. The molecule has 0 spiro atoms. The van der Waals surface area contributed by atoms with Crippen LogP contribution in [0, 0.1) is 0 Å². The van der Waals surface area contributed by atoms with E-state index in [1.807, 2.05) is 0 Å². The van der Waals surface area contributed by atoms with E-state index < -0.39 is 102 Å². The zero-order chi connectivity index (χ0) is 29.4. The van der Waals surface area contributed by atoms with Gasteiger partial charge in [-0.2, -0.15) is 31.3 Å². The first-order chi connectivity index (χ1) is 17.9. The van der Waals surface area contributed by atoms with Gasteiger partial charge in [0, 0.05) is 33.7 Å². The van der Waals surface area contributed by atoms with E-state index in [4.69, 9.17) is 9.47 Å². The molecule has 216 valence electrons. The van der Waals surface area contributed by atoms with E-state index in [0.717, 1.165) is 13.8 Å². The Hall–Kier alpha value is -3.90. The maximum Gasteiger partial charge on any atom is 0.428 e. The fourth-order valence-electron chi connectivity index (χ4n) is 4.03. The van der Waals surface area contributed by atoms with Crippen LogP contribution in [0.2, 0.25) is 0 Å². The van der Waals surface area contributed by atoms with Gasteiger partial charge in [-0.3, -0.25) is 34.0 Å². The number of anilines is 1. The second-order valence-corrected chi connectivity index (χ2v) is 8.46. The topological polar surface area (TPSA) is 164 Å². The summed E-state index contributed by atoms with van der Waals surface area (Å²) in [5.41, 5.74) is -3.95. The molecule has 19 heteroatoms. The van der Waals surface area contributed by atoms with Gasteiger partial charge in [-0.25, -0.2) is 9.36 Å². The largest absolute Gasteiger partial charge is 0.458 e. The lowest BCUT2D eigenvalue weighted by Gasteiger charge is -2.25. The average molecular weight is 573 g/mol. The van der Waals surface area contributed by atoms with Crippen LogP contribution in [-0.4, -0.2) is 67.6 Å². The van der Waals surface area contributed by atoms with Crippen LogP contribution >= 0.6 is 0 Å². The zero-order valence-electron chi connectivity index (χ0n) is 20.3. The molecule has 0 saturated carbocycles. The quantitative estimate of drug-likeness (QED) is 0.369. The summed E-state index contributed by atoms with van der Waals surface area (Å²) >= 11 is 0. The number of carbonyl (C=O) groups excluding carboxylic acids is 3. The number of nitrogens with zero attached hydrogens (tertiary/aromatic N) is 3. The summed E-state index contributed by atoms with van der Waals surface area (Å²) in [6.45, 7) is 1.53. The van der Waals surface area contributed by atoms with Crippen LogP contribution in [0.5, 0.6) is 0 Å². The van der Waals surface area contributed by atoms with Gasteiger partial charge in [0.15, 0.2) is 17.4 Å². The number of halogens is 6. The number of aromatic nitrogens is 4. The van der Waals surface area contributed by atoms with E-state index >= 15 is 0 Å². The molecule has 1 aliphatic heterocycles. The van der Waals surface area contributed by atoms with Gasteiger partial charge in [-0.1, -0.05) is 0 Å². The van der Waals surface area contributed by atoms with Gasteiger partial charge >= 0.3 is 30.0 Å². The molecule has 0 aromatic carbocycles. The van der Waals surface area contributed by atoms with Gasteiger partial charge < -0.3 is 14.2 Å². The van der Waals surface area contributed by atoms with Gasteiger partial charge in [0.2, 0.25) is 18.0 Å². The monoisotopic (exact) mass is 573 g/mol. The predicted octanol–water partition coefficient (Wildman–Crippen LogP) is 1.51. The van der Waals surface area contributed by atoms with Crippen LogP contribution in [0.1, 0.15) is 39.8 Å². The van der Waals surface area contributed by atoms with Crippen LogP contribution in [0.25, 0.3) is 11.2 Å². The molecule has 0 unspecified atom stereocenters. The van der Waals surface area contributed by atoms with E-state index in [0.29, 0.717) is 16.1 Å². The molecule has 1 saturated heterocycles. The molecule has 0 radical (unpaired) electrons. The Morgan fingerprint density at radius 1 is 1.13 bits per heavy atom. The molecule has 3 heterocycles. The third-order valence-electron chi connectivity index (χ3n) is 5.35. The number of fused-ring (bicyclic) bond motifs is 1. The lowest BCUT2D eigenvalue weighted by Crippen LogP contribution is -2.43. The van der Waals surface area contributed by atoms with E-state index in [2.05, 4.69) is 20.0 Å². The molecule has 2 aromatic rings. The van der Waals surface area contributed by atoms with Crippen molar-refractivity contribution in [3.63, 3.8) is 0 Å². The molecule has 0 bridgehead atoms. The number of imidazole rings is 1. The molecule has 39 heavy (non-hydrogen) atoms. The van der Waals surface area contributed by atoms with Crippen LogP contribution in [0.3, 0.4) is 0 Å². The highest BCUT2D eigenvalue weighted by molar-refractivity contribution is 5.87. The minimum atomic E-state index is -5.17. The summed E-state index contributed by atoms with van der Waals surface area (Å²) in [6, 6.07) is 0. The van der Waals surface area contributed by atoms with E-state index in [1.165, 1.54) is 0 Å². The molecule has 4 atom stereocenters. The van der Waals surface area contributed by atoms with E-state index in [-0.39, 0.29) is 0 Å². The lowest BCUT2D eigenvalue weighted by atomic mass is 10.1. The van der Waals surface area contributed by atoms with Crippen molar-refractivity contribution in [3.8, 4) is 0 Å². The Morgan fingerprint density at radius 2 is 1.77 bits per heavy atom. The fraction of sp³-hybridized carbons (Fsp3) is 0.600. The lowest BCUT2D eigenvalue weighted by molar-refractivity contribution is -0.248. The highest BCUT2D eigenvalue weighted by Crippen LogP contribution is 2.39. The molecule has 13 nitrogen and oxygen atoms in total. The number of esters is 2. The van der Waals surface area contributed by atoms with Gasteiger partial charge in [-0.15, -0.1) is 0 Å². The van der Waals surface area contributed by atoms with Crippen molar-refractivity contribution in [2.45, 2.75) is 77.1 Å². The Kier molecular flexibility index (Phi) is 8.13. The summed E-state index contributed by atoms with van der Waals surface area (Å²) in [7, 11) is 0. The molecule has 3 rings (SSSR count). The van der Waals surface area contributed by atoms with Crippen LogP contribution in [-0.2, 0) is 35.1 Å². The predicted molar refractivity (Wildman–Crippen MR) is 115 cm³/mol. The molecule has 0 aliphatic carbocycles. The van der Waals surface area contributed by atoms with E-state index in [9.17, 15) is 50.3 Å². The van der Waals surface area contributed by atoms with Gasteiger partial charge in [-0.05, 0) is 0 Å². The number of hydrogen-bond acceptors (Lipinski definition) is 9. The third-order valence-corrected chi connectivity index (χ3v) is 5.35. The minimum Gasteiger partial charge on any atom is -0.458 e. The first-order valence-electron chi connectivity index (χ1n) is 11.0. The Labute approximate surface area is 213 Å². The number of ether oxygens (including phenoxy) is 3. The van der Waals surface area contributed by atoms with Crippen LogP contribution in [0.15, 0.2) is 9.59 Å². The second-order valence-electron chi connectivity index (χ2n) is 8.46. The SMILES string of the molecule is CC(=O)Nc1nc2c(c(=O)[nH]1)n(CCC(F)(F)F)c(=O)n2[C@@H]1O[C@H]([C@H](OC(C)=O)C(F)(F)F)C[C@H]1OC(C)=O. The number of rotatable bonds is 7. The number of aromatic amines is 1. The molecule has 2 N–H and O–H groups in total. The molecular weight excluding hydrogens is 552 g/mol. The Morgan fingerprint density at radius 3 is 2.28 bits per heavy atom. The van der Waals surface area contributed by atoms with Crippen molar-refractivity contribution in [1.29, 1.82) is 0 Å². The number of nitrogens with one attached hydrogen (secondary N) is 2.